The highest BCUT2D eigenvalue weighted by atomic mass is 16.2. The van der Waals surface area contributed by atoms with E-state index >= 15 is 0 Å². The van der Waals surface area contributed by atoms with Crippen LogP contribution in [0.15, 0.2) is 60.7 Å². The van der Waals surface area contributed by atoms with Crippen molar-refractivity contribution in [2.75, 3.05) is 39.3 Å². The lowest BCUT2D eigenvalue weighted by molar-refractivity contribution is -0.137. The predicted molar refractivity (Wildman–Crippen MR) is 115 cm³/mol. The maximum absolute atomic E-state index is 13.4. The molecule has 0 bridgehead atoms. The lowest BCUT2D eigenvalue weighted by Crippen LogP contribution is -2.44. The Morgan fingerprint density at radius 1 is 0.893 bits per heavy atom. The molecular weight excluding hydrogens is 346 g/mol. The Hall–Kier alpha value is -2.17. The van der Waals surface area contributed by atoms with Gasteiger partial charge in [-0.2, -0.15) is 0 Å². The van der Waals surface area contributed by atoms with Crippen LogP contribution >= 0.6 is 0 Å². The fraction of sp³-hybridized carbons (Fsp3) is 0.458. The number of likely N-dealkylation sites (N-methyl/N-ethyl adjacent to an activating group) is 1. The van der Waals surface area contributed by atoms with Crippen molar-refractivity contribution < 1.29 is 4.79 Å². The van der Waals surface area contributed by atoms with E-state index in [-0.39, 0.29) is 11.9 Å². The second-order valence-electron chi connectivity index (χ2n) is 7.48. The smallest absolute Gasteiger partial charge is 0.244 e. The van der Waals surface area contributed by atoms with Gasteiger partial charge in [0.15, 0.2) is 0 Å². The maximum atomic E-state index is 13.4. The molecule has 0 N–H and O–H groups in total. The molecule has 1 fully saturated rings. The molecule has 1 amide bonds. The number of hydrogen-bond acceptors (Lipinski definition) is 3. The fourth-order valence-electron chi connectivity index (χ4n) is 4.10. The highest BCUT2D eigenvalue weighted by Gasteiger charge is 2.31. The van der Waals surface area contributed by atoms with Crippen LogP contribution in [-0.2, 0) is 11.3 Å². The number of amides is 1. The number of nitrogens with zero attached hydrogens (tertiary/aromatic N) is 3. The van der Waals surface area contributed by atoms with E-state index in [0.717, 1.165) is 57.8 Å². The lowest BCUT2D eigenvalue weighted by atomic mass is 10.0. The van der Waals surface area contributed by atoms with Crippen molar-refractivity contribution in [1.29, 1.82) is 0 Å². The molecule has 0 aliphatic carbocycles. The minimum Gasteiger partial charge on any atom is -0.342 e. The molecule has 2 aromatic rings. The quantitative estimate of drug-likeness (QED) is 0.732. The summed E-state index contributed by atoms with van der Waals surface area (Å²) in [5, 5.41) is 0. The van der Waals surface area contributed by atoms with Crippen molar-refractivity contribution in [3.63, 3.8) is 0 Å². The third-order valence-corrected chi connectivity index (χ3v) is 5.66. The van der Waals surface area contributed by atoms with E-state index in [2.05, 4.69) is 66.1 Å². The Morgan fingerprint density at radius 2 is 1.54 bits per heavy atom. The van der Waals surface area contributed by atoms with Gasteiger partial charge in [0.2, 0.25) is 5.91 Å². The molecule has 0 saturated carbocycles. The van der Waals surface area contributed by atoms with Gasteiger partial charge < -0.3 is 4.90 Å². The SMILES string of the molecule is CCN(CC)C(=O)C(c1ccccc1)N1CCCN(Cc2ccccc2)CC1. The normalized spacial score (nSPS) is 17.1. The van der Waals surface area contributed by atoms with E-state index in [1.807, 2.05) is 23.1 Å². The number of carbonyl (C=O) groups excluding carboxylic acids is 1. The van der Waals surface area contributed by atoms with E-state index in [1.165, 1.54) is 5.56 Å². The van der Waals surface area contributed by atoms with Crippen LogP contribution in [0.2, 0.25) is 0 Å². The van der Waals surface area contributed by atoms with E-state index in [4.69, 9.17) is 0 Å². The first kappa shape index (κ1) is 20.6. The molecule has 1 heterocycles. The van der Waals surface area contributed by atoms with Gasteiger partial charge in [0.1, 0.15) is 6.04 Å². The molecule has 2 aromatic carbocycles. The second-order valence-corrected chi connectivity index (χ2v) is 7.48. The molecule has 0 aromatic heterocycles. The lowest BCUT2D eigenvalue weighted by Gasteiger charge is -2.33. The first-order chi connectivity index (χ1) is 13.7. The zero-order valence-electron chi connectivity index (χ0n) is 17.3. The molecule has 1 unspecified atom stereocenters. The van der Waals surface area contributed by atoms with Crippen LogP contribution in [0.3, 0.4) is 0 Å². The first-order valence-electron chi connectivity index (χ1n) is 10.6. The minimum atomic E-state index is -0.183. The zero-order chi connectivity index (χ0) is 19.8. The zero-order valence-corrected chi connectivity index (χ0v) is 17.3. The van der Waals surface area contributed by atoms with Gasteiger partial charge in [-0.3, -0.25) is 14.6 Å². The summed E-state index contributed by atoms with van der Waals surface area (Å²) in [6.07, 6.45) is 1.09. The summed E-state index contributed by atoms with van der Waals surface area (Å²) >= 11 is 0. The van der Waals surface area contributed by atoms with E-state index in [1.54, 1.807) is 0 Å². The number of hydrogen-bond donors (Lipinski definition) is 0. The van der Waals surface area contributed by atoms with Gasteiger partial charge in [-0.25, -0.2) is 0 Å². The van der Waals surface area contributed by atoms with Gasteiger partial charge in [0.25, 0.3) is 0 Å². The second kappa shape index (κ2) is 10.4. The largest absolute Gasteiger partial charge is 0.342 e. The summed E-state index contributed by atoms with van der Waals surface area (Å²) in [6.45, 7) is 10.6. The van der Waals surface area contributed by atoms with E-state index < -0.39 is 0 Å². The third kappa shape index (κ3) is 5.21. The molecule has 1 saturated heterocycles. The summed E-state index contributed by atoms with van der Waals surface area (Å²) in [5.74, 6) is 0.229. The van der Waals surface area contributed by atoms with Crippen molar-refractivity contribution in [2.45, 2.75) is 32.9 Å². The van der Waals surface area contributed by atoms with E-state index in [0.29, 0.717) is 0 Å². The van der Waals surface area contributed by atoms with Crippen molar-refractivity contribution in [3.05, 3.63) is 71.8 Å². The number of benzene rings is 2. The summed E-state index contributed by atoms with van der Waals surface area (Å²) < 4.78 is 0. The molecule has 3 rings (SSSR count). The molecule has 0 spiro atoms. The van der Waals surface area contributed by atoms with Crippen LogP contribution in [0.25, 0.3) is 0 Å². The molecular formula is C24H33N3O. The summed E-state index contributed by atoms with van der Waals surface area (Å²) in [5.41, 5.74) is 2.46. The van der Waals surface area contributed by atoms with Gasteiger partial charge in [-0.15, -0.1) is 0 Å². The van der Waals surface area contributed by atoms with Crippen molar-refractivity contribution >= 4 is 5.91 Å². The molecule has 4 heteroatoms. The molecule has 150 valence electrons. The van der Waals surface area contributed by atoms with Gasteiger partial charge in [0, 0.05) is 39.3 Å². The topological polar surface area (TPSA) is 26.8 Å². The minimum absolute atomic E-state index is 0.183. The summed E-state index contributed by atoms with van der Waals surface area (Å²) in [4.78, 5) is 20.2. The average molecular weight is 380 g/mol. The maximum Gasteiger partial charge on any atom is 0.244 e. The molecule has 1 atom stereocenters. The first-order valence-corrected chi connectivity index (χ1v) is 10.6. The van der Waals surface area contributed by atoms with E-state index in [9.17, 15) is 4.79 Å². The molecule has 1 aliphatic heterocycles. The third-order valence-electron chi connectivity index (χ3n) is 5.66. The Bertz CT molecular complexity index is 715. The summed E-state index contributed by atoms with van der Waals surface area (Å²) in [7, 11) is 0. The van der Waals surface area contributed by atoms with Gasteiger partial charge >= 0.3 is 0 Å². The van der Waals surface area contributed by atoms with Gasteiger partial charge in [-0.05, 0) is 37.9 Å². The Balaban J connectivity index is 1.74. The van der Waals surface area contributed by atoms with Crippen LogP contribution in [0.4, 0.5) is 0 Å². The molecule has 28 heavy (non-hydrogen) atoms. The van der Waals surface area contributed by atoms with Crippen molar-refractivity contribution in [2.24, 2.45) is 0 Å². The van der Waals surface area contributed by atoms with Gasteiger partial charge in [0.05, 0.1) is 0 Å². The number of rotatable bonds is 7. The average Bonchev–Trinajstić information content (AvgIpc) is 2.96. The Kier molecular flexibility index (Phi) is 7.63. The number of carbonyl (C=O) groups is 1. The highest BCUT2D eigenvalue weighted by molar-refractivity contribution is 5.83. The van der Waals surface area contributed by atoms with Crippen LogP contribution in [0, 0.1) is 0 Å². The molecule has 0 radical (unpaired) electrons. The highest BCUT2D eigenvalue weighted by Crippen LogP contribution is 2.25. The Labute approximate surface area is 169 Å². The molecule has 4 nitrogen and oxygen atoms in total. The van der Waals surface area contributed by atoms with Crippen LogP contribution in [0.1, 0.15) is 37.4 Å². The van der Waals surface area contributed by atoms with Crippen LogP contribution in [0.5, 0.6) is 0 Å². The summed E-state index contributed by atoms with van der Waals surface area (Å²) in [6, 6.07) is 20.8. The van der Waals surface area contributed by atoms with Crippen molar-refractivity contribution in [1.82, 2.24) is 14.7 Å². The van der Waals surface area contributed by atoms with Crippen molar-refractivity contribution in [3.8, 4) is 0 Å². The monoisotopic (exact) mass is 379 g/mol. The van der Waals surface area contributed by atoms with Crippen LogP contribution < -0.4 is 0 Å². The van der Waals surface area contributed by atoms with Gasteiger partial charge in [-0.1, -0.05) is 60.7 Å². The Morgan fingerprint density at radius 3 is 2.18 bits per heavy atom. The van der Waals surface area contributed by atoms with Crippen LogP contribution in [-0.4, -0.2) is 59.9 Å². The predicted octanol–water partition coefficient (Wildman–Crippen LogP) is 3.80. The molecule has 1 aliphatic rings. The standard InChI is InChI=1S/C24H33N3O/c1-3-26(4-2)24(28)23(22-14-9-6-10-15-22)27-17-11-16-25(18-19-27)20-21-12-7-5-8-13-21/h5-10,12-15,23H,3-4,11,16-20H2,1-2H3. The fourth-order valence-corrected chi connectivity index (χ4v) is 4.10.